The predicted octanol–water partition coefficient (Wildman–Crippen LogP) is -0.110. The first-order valence-electron chi connectivity index (χ1n) is 6.32. The van der Waals surface area contributed by atoms with E-state index in [1.807, 2.05) is 5.38 Å². The van der Waals surface area contributed by atoms with Gasteiger partial charge in [0.2, 0.25) is 0 Å². The summed E-state index contributed by atoms with van der Waals surface area (Å²) >= 11 is 1.52. The van der Waals surface area contributed by atoms with Crippen LogP contribution in [-0.2, 0) is 21.1 Å². The topological polar surface area (TPSA) is 94.9 Å². The van der Waals surface area contributed by atoms with Crippen LogP contribution in [-0.4, -0.2) is 59.7 Å². The second-order valence-electron chi connectivity index (χ2n) is 5.24. The average Bonchev–Trinajstić information content (AvgIpc) is 2.91. The van der Waals surface area contributed by atoms with Crippen LogP contribution >= 0.6 is 11.3 Å². The smallest absolute Gasteiger partial charge is 0.325 e. The van der Waals surface area contributed by atoms with E-state index in [2.05, 4.69) is 0 Å². The Labute approximate surface area is 120 Å². The minimum atomic E-state index is -3.29. The minimum absolute atomic E-state index is 0.169. The van der Waals surface area contributed by atoms with Gasteiger partial charge in [-0.25, -0.2) is 8.42 Å². The lowest BCUT2D eigenvalue weighted by Gasteiger charge is -2.38. The Hall–Kier alpha value is -0.960. The monoisotopic (exact) mass is 317 g/mol. The number of carboxylic acids is 1. The van der Waals surface area contributed by atoms with Gasteiger partial charge < -0.3 is 10.2 Å². The summed E-state index contributed by atoms with van der Waals surface area (Å²) in [6.45, 7) is 0.460. The molecule has 0 spiro atoms. The molecule has 8 heteroatoms. The predicted molar refractivity (Wildman–Crippen MR) is 73.6 cm³/mol. The standard InChI is InChI=1S/C12H15NO5S2/c14-9-6-20(17,18)5-8(9)13-3-1-10-7(2-4-19-10)11(13)12(15)16/h2,4,8-9,11,14H,1,3,5-6H2,(H,15,16). The Morgan fingerprint density at radius 2 is 2.15 bits per heavy atom. The lowest BCUT2D eigenvalue weighted by Crippen LogP contribution is -2.50. The zero-order valence-electron chi connectivity index (χ0n) is 10.6. The number of aliphatic hydroxyl groups excluding tert-OH is 1. The number of hydrogen-bond donors (Lipinski definition) is 2. The molecular formula is C12H15NO5S2. The van der Waals surface area contributed by atoms with Crippen LogP contribution in [0, 0.1) is 0 Å². The molecule has 3 rings (SSSR count). The Morgan fingerprint density at radius 1 is 1.40 bits per heavy atom. The van der Waals surface area contributed by atoms with Crippen LogP contribution in [0.25, 0.3) is 0 Å². The van der Waals surface area contributed by atoms with E-state index >= 15 is 0 Å². The highest BCUT2D eigenvalue weighted by Gasteiger charge is 2.46. The van der Waals surface area contributed by atoms with Crippen molar-refractivity contribution in [3.63, 3.8) is 0 Å². The molecule has 0 aromatic carbocycles. The molecule has 3 atom stereocenters. The molecule has 6 nitrogen and oxygen atoms in total. The van der Waals surface area contributed by atoms with Crippen molar-refractivity contribution in [3.8, 4) is 0 Å². The zero-order valence-corrected chi connectivity index (χ0v) is 12.2. The lowest BCUT2D eigenvalue weighted by molar-refractivity contribution is -0.145. The number of thiophene rings is 1. The molecule has 2 N–H and O–H groups in total. The number of aliphatic carboxylic acids is 1. The molecular weight excluding hydrogens is 302 g/mol. The SMILES string of the molecule is O=C(O)C1c2ccsc2CCN1C1CS(=O)(=O)CC1O. The van der Waals surface area contributed by atoms with Crippen LogP contribution in [0.1, 0.15) is 16.5 Å². The van der Waals surface area contributed by atoms with Crippen LogP contribution in [0.3, 0.4) is 0 Å². The first kappa shape index (κ1) is 14.0. The normalized spacial score (nSPS) is 33.0. The summed E-state index contributed by atoms with van der Waals surface area (Å²) in [7, 11) is -3.29. The van der Waals surface area contributed by atoms with Crippen molar-refractivity contribution >= 4 is 27.1 Å². The van der Waals surface area contributed by atoms with E-state index in [4.69, 9.17) is 0 Å². The van der Waals surface area contributed by atoms with Crippen LogP contribution in [0.15, 0.2) is 11.4 Å². The second-order valence-corrected chi connectivity index (χ2v) is 8.39. The van der Waals surface area contributed by atoms with E-state index in [0.29, 0.717) is 13.0 Å². The highest BCUT2D eigenvalue weighted by atomic mass is 32.2. The van der Waals surface area contributed by atoms with Gasteiger partial charge in [-0.2, -0.15) is 0 Å². The summed E-state index contributed by atoms with van der Waals surface area (Å²) < 4.78 is 23.3. The van der Waals surface area contributed by atoms with Gasteiger partial charge in [0, 0.05) is 11.4 Å². The number of rotatable bonds is 2. The van der Waals surface area contributed by atoms with Gasteiger partial charge in [0.15, 0.2) is 9.84 Å². The van der Waals surface area contributed by atoms with Crippen molar-refractivity contribution in [2.45, 2.75) is 24.6 Å². The van der Waals surface area contributed by atoms with Gasteiger partial charge in [0.05, 0.1) is 23.7 Å². The molecule has 110 valence electrons. The third-order valence-electron chi connectivity index (χ3n) is 3.96. The Morgan fingerprint density at radius 3 is 2.75 bits per heavy atom. The molecule has 1 fully saturated rings. The Bertz CT molecular complexity index is 638. The van der Waals surface area contributed by atoms with Gasteiger partial charge in [0.1, 0.15) is 6.04 Å². The molecule has 1 aromatic heterocycles. The number of nitrogens with zero attached hydrogens (tertiary/aromatic N) is 1. The molecule has 2 aliphatic heterocycles. The fourth-order valence-corrected chi connectivity index (χ4v) is 5.81. The summed E-state index contributed by atoms with van der Waals surface area (Å²) in [6.07, 6.45) is -0.318. The van der Waals surface area contributed by atoms with Crippen molar-refractivity contribution in [1.29, 1.82) is 0 Å². The van der Waals surface area contributed by atoms with Gasteiger partial charge in [-0.3, -0.25) is 9.69 Å². The fraction of sp³-hybridized carbons (Fsp3) is 0.583. The molecule has 0 amide bonds. The molecule has 0 radical (unpaired) electrons. The van der Waals surface area contributed by atoms with Crippen molar-refractivity contribution in [2.24, 2.45) is 0 Å². The van der Waals surface area contributed by atoms with Crippen molar-refractivity contribution < 1.29 is 23.4 Å². The van der Waals surface area contributed by atoms with E-state index in [0.717, 1.165) is 10.4 Å². The Kier molecular flexibility index (Phi) is 3.36. The first-order valence-corrected chi connectivity index (χ1v) is 9.02. The second kappa shape index (κ2) is 4.80. The first-order chi connectivity index (χ1) is 9.39. The number of carboxylic acid groups (broad SMARTS) is 1. The third kappa shape index (κ3) is 2.26. The molecule has 3 unspecified atom stereocenters. The van der Waals surface area contributed by atoms with E-state index < -0.39 is 34.0 Å². The van der Waals surface area contributed by atoms with Crippen molar-refractivity contribution in [2.75, 3.05) is 18.1 Å². The number of aliphatic hydroxyl groups is 1. The van der Waals surface area contributed by atoms with Crippen LogP contribution < -0.4 is 0 Å². The third-order valence-corrected chi connectivity index (χ3v) is 6.65. The molecule has 1 aromatic rings. The van der Waals surface area contributed by atoms with E-state index in [-0.39, 0.29) is 11.5 Å². The van der Waals surface area contributed by atoms with Crippen LogP contribution in [0.2, 0.25) is 0 Å². The largest absolute Gasteiger partial charge is 0.480 e. The van der Waals surface area contributed by atoms with E-state index in [9.17, 15) is 23.4 Å². The summed E-state index contributed by atoms with van der Waals surface area (Å²) in [6, 6.07) is 0.285. The van der Waals surface area contributed by atoms with E-state index in [1.165, 1.54) is 11.3 Å². The molecule has 0 bridgehead atoms. The molecule has 20 heavy (non-hydrogen) atoms. The maximum Gasteiger partial charge on any atom is 0.325 e. The molecule has 0 aliphatic carbocycles. The van der Waals surface area contributed by atoms with Crippen molar-refractivity contribution in [3.05, 3.63) is 21.9 Å². The highest BCUT2D eigenvalue weighted by molar-refractivity contribution is 7.91. The molecule has 2 aliphatic rings. The van der Waals surface area contributed by atoms with Crippen LogP contribution in [0.4, 0.5) is 0 Å². The zero-order chi connectivity index (χ0) is 14.5. The number of hydrogen-bond acceptors (Lipinski definition) is 6. The maximum absolute atomic E-state index is 11.6. The van der Waals surface area contributed by atoms with Crippen LogP contribution in [0.5, 0.6) is 0 Å². The van der Waals surface area contributed by atoms with Gasteiger partial charge in [-0.1, -0.05) is 0 Å². The summed E-state index contributed by atoms with van der Waals surface area (Å²) in [5.74, 6) is -1.45. The molecule has 3 heterocycles. The number of sulfone groups is 1. The highest BCUT2D eigenvalue weighted by Crippen LogP contribution is 2.36. The summed E-state index contributed by atoms with van der Waals surface area (Å²) in [4.78, 5) is 14.2. The maximum atomic E-state index is 11.6. The summed E-state index contributed by atoms with van der Waals surface area (Å²) in [5, 5.41) is 21.3. The lowest BCUT2D eigenvalue weighted by atomic mass is 9.97. The average molecular weight is 317 g/mol. The fourth-order valence-electron chi connectivity index (χ4n) is 3.10. The number of fused-ring (bicyclic) bond motifs is 1. The van der Waals surface area contributed by atoms with Crippen molar-refractivity contribution in [1.82, 2.24) is 4.90 Å². The summed E-state index contributed by atoms with van der Waals surface area (Å²) in [5.41, 5.74) is 0.727. The Balaban J connectivity index is 1.96. The molecule has 1 saturated heterocycles. The van der Waals surface area contributed by atoms with E-state index in [1.54, 1.807) is 11.0 Å². The van der Waals surface area contributed by atoms with Gasteiger partial charge >= 0.3 is 5.97 Å². The minimum Gasteiger partial charge on any atom is -0.480 e. The number of carbonyl (C=O) groups is 1. The van der Waals surface area contributed by atoms with Gasteiger partial charge in [-0.05, 0) is 23.4 Å². The molecule has 0 saturated carbocycles. The van der Waals surface area contributed by atoms with Gasteiger partial charge in [-0.15, -0.1) is 11.3 Å². The quantitative estimate of drug-likeness (QED) is 0.790. The van der Waals surface area contributed by atoms with Gasteiger partial charge in [0.25, 0.3) is 0 Å².